The number of hydrogen-bond acceptors (Lipinski definition) is 12. The van der Waals surface area contributed by atoms with E-state index < -0.39 is 31.8 Å². The molecular weight excluding hydrogens is 292 g/mol. The Hall–Kier alpha value is -2.64. The van der Waals surface area contributed by atoms with Crippen molar-refractivity contribution in [3.63, 3.8) is 0 Å². The highest BCUT2D eigenvalue weighted by atomic mass is 16.3. The molecule has 0 rings (SSSR count). The quantitative estimate of drug-likeness (QED) is 0.204. The highest BCUT2D eigenvalue weighted by Gasteiger charge is 2.26. The molecule has 0 aromatic carbocycles. The van der Waals surface area contributed by atoms with Crippen LogP contribution in [0.15, 0.2) is 0 Å². The van der Waals surface area contributed by atoms with E-state index in [9.17, 15) is 0 Å². The van der Waals surface area contributed by atoms with Gasteiger partial charge in [-0.05, 0) is 0 Å². The molecule has 0 heterocycles. The van der Waals surface area contributed by atoms with Crippen LogP contribution in [0.1, 0.15) is 0 Å². The maximum atomic E-state index is 8.50. The molecule has 120 valence electrons. The van der Waals surface area contributed by atoms with Crippen molar-refractivity contribution in [2.24, 2.45) is 5.41 Å². The van der Waals surface area contributed by atoms with Crippen molar-refractivity contribution in [2.45, 2.75) is 0 Å². The lowest BCUT2D eigenvalue weighted by atomic mass is 9.93. The van der Waals surface area contributed by atoms with Crippen LogP contribution in [0.4, 0.5) is 0 Å². The van der Waals surface area contributed by atoms with Gasteiger partial charge in [0, 0.05) is 0 Å². The number of nitrogens with one attached hydrogen (secondary N) is 4. The number of aliphatic hydroxyl groups excluding tert-OH is 4. The molecule has 0 fully saturated rings. The summed E-state index contributed by atoms with van der Waals surface area (Å²) >= 11 is 0. The summed E-state index contributed by atoms with van der Waals surface area (Å²) in [4.78, 5) is 33.4. The maximum absolute atomic E-state index is 8.50. The van der Waals surface area contributed by atoms with Crippen molar-refractivity contribution in [3.8, 4) is 0 Å². The molecule has 0 saturated carbocycles. The smallest absolute Gasteiger partial charge is 0.231 e. The summed E-state index contributed by atoms with van der Waals surface area (Å²) in [5, 5.41) is 55.6. The normalized spacial score (nSPS) is 6.67. The van der Waals surface area contributed by atoms with Gasteiger partial charge in [0.1, 0.15) is 0 Å². The van der Waals surface area contributed by atoms with E-state index in [2.05, 4.69) is 0 Å². The molecule has 21 heavy (non-hydrogen) atoms. The summed E-state index contributed by atoms with van der Waals surface area (Å²) in [7, 11) is 0. The van der Waals surface area contributed by atoms with Crippen molar-refractivity contribution in [1.82, 2.24) is 0 Å². The standard InChI is InChI=1S/C5H12O4.4CHNO/c6-1-5(2-7,3-8)4-9;4*2-1-3/h6-9H,1-4H2;4*2H. The lowest BCUT2D eigenvalue weighted by molar-refractivity contribution is -0.0328. The third kappa shape index (κ3) is 46.7. The van der Waals surface area contributed by atoms with Gasteiger partial charge in [0.15, 0.2) is 0 Å². The predicted octanol–water partition coefficient (Wildman–Crippen LogP) is -2.45. The monoisotopic (exact) mass is 308 g/mol. The van der Waals surface area contributed by atoms with Gasteiger partial charge in [0.25, 0.3) is 0 Å². The van der Waals surface area contributed by atoms with Gasteiger partial charge in [-0.3, -0.25) is 0 Å². The Labute approximate surface area is 118 Å². The van der Waals surface area contributed by atoms with Crippen molar-refractivity contribution in [3.05, 3.63) is 0 Å². The number of carbonyl (C=O) groups excluding carboxylic acids is 4. The summed E-state index contributed by atoms with van der Waals surface area (Å²) in [6.07, 6.45) is 3.00. The van der Waals surface area contributed by atoms with E-state index in [0.29, 0.717) is 0 Å². The number of aliphatic hydroxyl groups is 4. The zero-order chi connectivity index (χ0) is 18.2. The average Bonchev–Trinajstić information content (AvgIpc) is 2.45. The average molecular weight is 308 g/mol. The second kappa shape index (κ2) is 36.0. The van der Waals surface area contributed by atoms with Gasteiger partial charge in [0.05, 0.1) is 31.8 Å². The van der Waals surface area contributed by atoms with E-state index in [1.807, 2.05) is 0 Å². The van der Waals surface area contributed by atoms with Crippen LogP contribution in [-0.2, 0) is 19.2 Å². The van der Waals surface area contributed by atoms with Crippen LogP contribution in [0.5, 0.6) is 0 Å². The van der Waals surface area contributed by atoms with Crippen LogP contribution < -0.4 is 0 Å². The molecular formula is C9H16N4O8. The molecule has 12 nitrogen and oxygen atoms in total. The molecule has 0 aromatic heterocycles. The Morgan fingerprint density at radius 1 is 0.571 bits per heavy atom. The van der Waals surface area contributed by atoms with Crippen molar-refractivity contribution < 1.29 is 39.6 Å². The molecule has 0 radical (unpaired) electrons. The first-order valence-corrected chi connectivity index (χ1v) is 4.50. The van der Waals surface area contributed by atoms with Gasteiger partial charge in [0.2, 0.25) is 24.3 Å². The van der Waals surface area contributed by atoms with Crippen LogP contribution >= 0.6 is 0 Å². The Morgan fingerprint density at radius 2 is 0.667 bits per heavy atom. The molecule has 0 unspecified atom stereocenters. The van der Waals surface area contributed by atoms with Gasteiger partial charge in [-0.25, -0.2) is 40.8 Å². The summed E-state index contributed by atoms with van der Waals surface area (Å²) < 4.78 is 0. The van der Waals surface area contributed by atoms with Crippen LogP contribution in [0, 0.1) is 27.1 Å². The lowest BCUT2D eigenvalue weighted by Gasteiger charge is -2.23. The molecule has 0 aliphatic carbocycles. The maximum Gasteiger partial charge on any atom is 0.231 e. The Kier molecular flexibility index (Phi) is 53.1. The van der Waals surface area contributed by atoms with Gasteiger partial charge in [-0.15, -0.1) is 0 Å². The SMILES string of the molecule is N=C=O.N=C=O.N=C=O.N=C=O.OCC(CO)(CO)CO. The van der Waals surface area contributed by atoms with E-state index in [-0.39, 0.29) is 0 Å². The zero-order valence-electron chi connectivity index (χ0n) is 10.8. The summed E-state index contributed by atoms with van der Waals surface area (Å²) in [6.45, 7) is -1.62. The van der Waals surface area contributed by atoms with Crippen LogP contribution in [0.2, 0.25) is 0 Å². The first-order valence-electron chi connectivity index (χ1n) is 4.50. The molecule has 0 amide bonds. The van der Waals surface area contributed by atoms with E-state index in [1.54, 1.807) is 0 Å². The highest BCUT2D eigenvalue weighted by molar-refractivity contribution is 5.26. The second-order valence-electron chi connectivity index (χ2n) is 2.54. The summed E-state index contributed by atoms with van der Waals surface area (Å²) in [6, 6.07) is 0. The van der Waals surface area contributed by atoms with E-state index >= 15 is 0 Å². The molecule has 0 aromatic rings. The van der Waals surface area contributed by atoms with Crippen LogP contribution in [0.3, 0.4) is 0 Å². The predicted molar refractivity (Wildman–Crippen MR) is 64.4 cm³/mol. The minimum atomic E-state index is -1.11. The Morgan fingerprint density at radius 3 is 0.667 bits per heavy atom. The summed E-state index contributed by atoms with van der Waals surface area (Å²) in [5.74, 6) is 0. The number of rotatable bonds is 4. The lowest BCUT2D eigenvalue weighted by Crippen LogP contribution is -2.37. The molecule has 0 atom stereocenters. The minimum absolute atomic E-state index is 0.406. The van der Waals surface area contributed by atoms with E-state index in [0.717, 1.165) is 24.3 Å². The van der Waals surface area contributed by atoms with Gasteiger partial charge >= 0.3 is 0 Å². The third-order valence-corrected chi connectivity index (χ3v) is 1.34. The van der Waals surface area contributed by atoms with Crippen molar-refractivity contribution in [1.29, 1.82) is 21.6 Å². The fourth-order valence-corrected chi connectivity index (χ4v) is 0.300. The molecule has 0 bridgehead atoms. The van der Waals surface area contributed by atoms with E-state index in [1.165, 1.54) is 0 Å². The first-order chi connectivity index (χ1) is 9.90. The fraction of sp³-hybridized carbons (Fsp3) is 0.556. The summed E-state index contributed by atoms with van der Waals surface area (Å²) in [5.41, 5.74) is -1.11. The highest BCUT2D eigenvalue weighted by Crippen LogP contribution is 2.11. The molecule has 0 aliphatic rings. The van der Waals surface area contributed by atoms with Gasteiger partial charge in [-0.2, -0.15) is 0 Å². The molecule has 0 aliphatic heterocycles. The fourth-order valence-electron chi connectivity index (χ4n) is 0.300. The van der Waals surface area contributed by atoms with Gasteiger partial charge < -0.3 is 20.4 Å². The number of isocyanates is 4. The number of hydrogen-bond donors (Lipinski definition) is 8. The minimum Gasteiger partial charge on any atom is -0.396 e. The van der Waals surface area contributed by atoms with Gasteiger partial charge in [-0.1, -0.05) is 0 Å². The third-order valence-electron chi connectivity index (χ3n) is 1.34. The molecule has 8 N–H and O–H groups in total. The molecule has 0 saturated heterocycles. The van der Waals surface area contributed by atoms with E-state index in [4.69, 9.17) is 61.2 Å². The second-order valence-corrected chi connectivity index (χ2v) is 2.54. The Bertz CT molecular complexity index is 266. The molecule has 0 spiro atoms. The first kappa shape index (κ1) is 31.0. The topological polar surface area (TPSA) is 245 Å². The van der Waals surface area contributed by atoms with Crippen molar-refractivity contribution in [2.75, 3.05) is 26.4 Å². The van der Waals surface area contributed by atoms with Crippen molar-refractivity contribution >= 4 is 24.3 Å². The van der Waals surface area contributed by atoms with Crippen LogP contribution in [-0.4, -0.2) is 71.2 Å². The van der Waals surface area contributed by atoms with Crippen LogP contribution in [0.25, 0.3) is 0 Å². The zero-order valence-corrected chi connectivity index (χ0v) is 10.8. The Balaban J connectivity index is -0.0000000593. The largest absolute Gasteiger partial charge is 0.396 e. The molecule has 12 heteroatoms.